The molecule has 0 saturated heterocycles. The molecule has 1 aliphatic rings. The molecular weight excluding hydrogens is 356 g/mol. The molecule has 2 rings (SSSR count). The zero-order valence-corrected chi connectivity index (χ0v) is 17.8. The maximum atomic E-state index is 12.8. The normalized spacial score (nSPS) is 15.9. The molecule has 156 valence electrons. The Labute approximate surface area is 168 Å². The highest BCUT2D eigenvalue weighted by atomic mass is 16.6. The van der Waals surface area contributed by atoms with Crippen molar-refractivity contribution in [3.8, 4) is 5.75 Å². The van der Waals surface area contributed by atoms with Crippen LogP contribution in [0.4, 0.5) is 4.79 Å². The molecule has 1 aromatic carbocycles. The van der Waals surface area contributed by atoms with Crippen LogP contribution in [-0.2, 0) is 16.0 Å². The van der Waals surface area contributed by atoms with E-state index in [1.807, 2.05) is 58.9 Å². The summed E-state index contributed by atoms with van der Waals surface area (Å²) in [4.78, 5) is 24.8. The third-order valence-electron chi connectivity index (χ3n) is 4.62. The number of carbonyl (C=O) groups is 2. The van der Waals surface area contributed by atoms with E-state index < -0.39 is 17.2 Å². The molecule has 6 nitrogen and oxygen atoms in total. The van der Waals surface area contributed by atoms with E-state index in [-0.39, 0.29) is 18.4 Å². The zero-order valence-electron chi connectivity index (χ0n) is 17.8. The van der Waals surface area contributed by atoms with Gasteiger partial charge in [0.15, 0.2) is 0 Å². The van der Waals surface area contributed by atoms with Gasteiger partial charge in [0.05, 0.1) is 18.1 Å². The fraction of sp³-hybridized carbons (Fsp3) is 0.636. The number of para-hydroxylation sites is 1. The molecule has 2 N–H and O–H groups in total. The fourth-order valence-corrected chi connectivity index (χ4v) is 3.48. The van der Waals surface area contributed by atoms with Crippen molar-refractivity contribution in [1.82, 2.24) is 10.6 Å². The molecule has 0 atom stereocenters. The third kappa shape index (κ3) is 7.06. The van der Waals surface area contributed by atoms with Crippen LogP contribution >= 0.6 is 0 Å². The Morgan fingerprint density at radius 2 is 1.79 bits per heavy atom. The molecule has 1 aliphatic carbocycles. The maximum absolute atomic E-state index is 12.8. The molecular formula is C22H34N2O4. The first kappa shape index (κ1) is 22.1. The lowest BCUT2D eigenvalue weighted by Gasteiger charge is -2.31. The van der Waals surface area contributed by atoms with Gasteiger partial charge in [-0.2, -0.15) is 0 Å². The lowest BCUT2D eigenvalue weighted by molar-refractivity contribution is -0.122. The highest BCUT2D eigenvalue weighted by molar-refractivity contribution is 5.80. The van der Waals surface area contributed by atoms with Gasteiger partial charge >= 0.3 is 6.09 Å². The summed E-state index contributed by atoms with van der Waals surface area (Å²) < 4.78 is 11.1. The van der Waals surface area contributed by atoms with Gasteiger partial charge in [0, 0.05) is 12.1 Å². The van der Waals surface area contributed by atoms with E-state index in [9.17, 15) is 9.59 Å². The molecule has 1 saturated carbocycles. The minimum atomic E-state index is -0.545. The number of hydrogen-bond donors (Lipinski definition) is 2. The average Bonchev–Trinajstić information content (AvgIpc) is 3.01. The van der Waals surface area contributed by atoms with Crippen LogP contribution in [0.15, 0.2) is 24.3 Å². The van der Waals surface area contributed by atoms with Gasteiger partial charge in [-0.25, -0.2) is 4.79 Å². The van der Waals surface area contributed by atoms with Crippen molar-refractivity contribution in [3.63, 3.8) is 0 Å². The summed E-state index contributed by atoms with van der Waals surface area (Å²) in [5.74, 6) is 0.674. The number of nitrogens with one attached hydrogen (secondary N) is 2. The highest BCUT2D eigenvalue weighted by Crippen LogP contribution is 2.30. The topological polar surface area (TPSA) is 76.7 Å². The van der Waals surface area contributed by atoms with Gasteiger partial charge in [-0.15, -0.1) is 0 Å². The molecule has 2 amide bonds. The van der Waals surface area contributed by atoms with Crippen molar-refractivity contribution in [1.29, 1.82) is 0 Å². The number of amides is 2. The average molecular weight is 391 g/mol. The van der Waals surface area contributed by atoms with Crippen molar-refractivity contribution in [2.24, 2.45) is 0 Å². The van der Waals surface area contributed by atoms with Gasteiger partial charge in [-0.3, -0.25) is 4.79 Å². The Kier molecular flexibility index (Phi) is 7.33. The first-order valence-electron chi connectivity index (χ1n) is 10.1. The fourth-order valence-electron chi connectivity index (χ4n) is 3.48. The Morgan fingerprint density at radius 3 is 2.39 bits per heavy atom. The van der Waals surface area contributed by atoms with E-state index in [4.69, 9.17) is 9.47 Å². The Morgan fingerprint density at radius 1 is 1.14 bits per heavy atom. The van der Waals surface area contributed by atoms with Crippen molar-refractivity contribution < 1.29 is 19.1 Å². The van der Waals surface area contributed by atoms with Crippen LogP contribution in [0.5, 0.6) is 5.75 Å². The molecule has 1 fully saturated rings. The highest BCUT2D eigenvalue weighted by Gasteiger charge is 2.36. The lowest BCUT2D eigenvalue weighted by atomic mass is 9.96. The molecule has 0 heterocycles. The Bertz CT molecular complexity index is 673. The largest absolute Gasteiger partial charge is 0.491 e. The number of ether oxygens (including phenoxy) is 2. The van der Waals surface area contributed by atoms with Gasteiger partial charge in [0.25, 0.3) is 0 Å². The van der Waals surface area contributed by atoms with Crippen LogP contribution in [0.3, 0.4) is 0 Å². The van der Waals surface area contributed by atoms with E-state index in [1.54, 1.807) is 0 Å². The van der Waals surface area contributed by atoms with Crippen molar-refractivity contribution in [3.05, 3.63) is 29.8 Å². The van der Waals surface area contributed by atoms with E-state index >= 15 is 0 Å². The number of rotatable bonds is 7. The van der Waals surface area contributed by atoms with Crippen molar-refractivity contribution >= 4 is 12.0 Å². The summed E-state index contributed by atoms with van der Waals surface area (Å²) >= 11 is 0. The van der Waals surface area contributed by atoms with Crippen LogP contribution in [0, 0.1) is 0 Å². The third-order valence-corrected chi connectivity index (χ3v) is 4.62. The Hall–Kier alpha value is -2.24. The van der Waals surface area contributed by atoms with Gasteiger partial charge in [0.1, 0.15) is 11.4 Å². The number of alkyl carbamates (subject to hydrolysis) is 1. The smallest absolute Gasteiger partial charge is 0.407 e. The van der Waals surface area contributed by atoms with Crippen LogP contribution < -0.4 is 15.4 Å². The van der Waals surface area contributed by atoms with Crippen LogP contribution in [-0.4, -0.2) is 35.8 Å². The van der Waals surface area contributed by atoms with E-state index in [0.717, 1.165) is 37.0 Å². The predicted molar refractivity (Wildman–Crippen MR) is 109 cm³/mol. The second kappa shape index (κ2) is 9.30. The van der Waals surface area contributed by atoms with Gasteiger partial charge < -0.3 is 20.1 Å². The predicted octanol–water partition coefficient (Wildman–Crippen LogP) is 3.97. The van der Waals surface area contributed by atoms with E-state index in [1.165, 1.54) is 0 Å². The number of carbonyl (C=O) groups excluding carboxylic acids is 2. The van der Waals surface area contributed by atoms with E-state index in [0.29, 0.717) is 6.54 Å². The second-order valence-corrected chi connectivity index (χ2v) is 8.84. The molecule has 0 bridgehead atoms. The number of hydrogen-bond acceptors (Lipinski definition) is 4. The molecule has 0 aromatic heterocycles. The van der Waals surface area contributed by atoms with E-state index in [2.05, 4.69) is 10.6 Å². The minimum Gasteiger partial charge on any atom is -0.491 e. The van der Waals surface area contributed by atoms with Crippen molar-refractivity contribution in [2.75, 3.05) is 6.54 Å². The molecule has 28 heavy (non-hydrogen) atoms. The van der Waals surface area contributed by atoms with Gasteiger partial charge in [0.2, 0.25) is 5.91 Å². The summed E-state index contributed by atoms with van der Waals surface area (Å²) in [5, 5.41) is 6.00. The summed E-state index contributed by atoms with van der Waals surface area (Å²) in [6, 6.07) is 7.61. The summed E-state index contributed by atoms with van der Waals surface area (Å²) in [7, 11) is 0. The van der Waals surface area contributed by atoms with Crippen LogP contribution in [0.2, 0.25) is 0 Å². The lowest BCUT2D eigenvalue weighted by Crippen LogP contribution is -2.54. The molecule has 0 radical (unpaired) electrons. The molecule has 0 aliphatic heterocycles. The second-order valence-electron chi connectivity index (χ2n) is 8.84. The monoisotopic (exact) mass is 390 g/mol. The minimum absolute atomic E-state index is 0.0448. The van der Waals surface area contributed by atoms with Crippen LogP contribution in [0.1, 0.15) is 65.9 Å². The van der Waals surface area contributed by atoms with Crippen molar-refractivity contribution in [2.45, 2.75) is 84.0 Å². The summed E-state index contributed by atoms with van der Waals surface area (Å²) in [6.07, 6.45) is 3.59. The first-order valence-corrected chi connectivity index (χ1v) is 10.1. The summed E-state index contributed by atoms with van der Waals surface area (Å²) in [5.41, 5.74) is -0.0973. The SMILES string of the molecule is CC(C)Oc1ccccc1CC(=O)NC1(CNC(=O)OC(C)(C)C)CCCC1. The first-order chi connectivity index (χ1) is 13.1. The summed E-state index contributed by atoms with van der Waals surface area (Å²) in [6.45, 7) is 9.79. The maximum Gasteiger partial charge on any atom is 0.407 e. The molecule has 6 heteroatoms. The van der Waals surface area contributed by atoms with Gasteiger partial charge in [-0.05, 0) is 53.5 Å². The van der Waals surface area contributed by atoms with Gasteiger partial charge in [-0.1, -0.05) is 31.0 Å². The van der Waals surface area contributed by atoms with Crippen LogP contribution in [0.25, 0.3) is 0 Å². The molecule has 0 spiro atoms. The standard InChI is InChI=1S/C22H34N2O4/c1-16(2)27-18-11-7-6-10-17(18)14-19(25)24-22(12-8-9-13-22)15-23-20(26)28-21(3,4)5/h6-7,10-11,16H,8-9,12-15H2,1-5H3,(H,23,26)(H,24,25). The molecule has 1 aromatic rings. The zero-order chi connectivity index (χ0) is 20.8. The number of benzene rings is 1. The quantitative estimate of drug-likeness (QED) is 0.739. The molecule has 0 unspecified atom stereocenters. The Balaban J connectivity index is 1.98.